The van der Waals surface area contributed by atoms with Gasteiger partial charge in [0.25, 0.3) is 0 Å². The van der Waals surface area contributed by atoms with Crippen molar-refractivity contribution < 1.29 is 9.18 Å². The first kappa shape index (κ1) is 9.78. The highest BCUT2D eigenvalue weighted by Gasteiger charge is 2.59. The van der Waals surface area contributed by atoms with Crippen molar-refractivity contribution in [2.24, 2.45) is 17.6 Å². The molecule has 4 heteroatoms. The molecule has 1 aromatic carbocycles. The highest BCUT2D eigenvalue weighted by atomic mass is 19.1. The van der Waals surface area contributed by atoms with E-state index in [0.717, 1.165) is 12.1 Å². The van der Waals surface area contributed by atoms with Gasteiger partial charge < -0.3 is 10.6 Å². The normalized spacial score (nSPS) is 31.8. The number of hydrogen-bond acceptors (Lipinski definition) is 2. The van der Waals surface area contributed by atoms with Crippen molar-refractivity contribution in [2.75, 3.05) is 6.54 Å². The summed E-state index contributed by atoms with van der Waals surface area (Å²) >= 11 is 0. The number of nitrogens with two attached hydrogens (primary N) is 1. The van der Waals surface area contributed by atoms with Crippen LogP contribution in [0.2, 0.25) is 0 Å². The van der Waals surface area contributed by atoms with Crippen molar-refractivity contribution in [2.45, 2.75) is 12.6 Å². The minimum Gasteiger partial charge on any atom is -0.338 e. The van der Waals surface area contributed by atoms with Gasteiger partial charge in [0.05, 0.1) is 5.92 Å². The molecule has 1 aliphatic carbocycles. The zero-order chi connectivity index (χ0) is 11.3. The van der Waals surface area contributed by atoms with Gasteiger partial charge in [0.2, 0.25) is 5.91 Å². The van der Waals surface area contributed by atoms with Crippen LogP contribution in [0.4, 0.5) is 4.39 Å². The Bertz CT molecular complexity index is 431. The zero-order valence-electron chi connectivity index (χ0n) is 8.77. The summed E-state index contributed by atoms with van der Waals surface area (Å²) in [4.78, 5) is 13.6. The van der Waals surface area contributed by atoms with E-state index in [9.17, 15) is 9.18 Å². The molecule has 1 amide bonds. The summed E-state index contributed by atoms with van der Waals surface area (Å²) in [6, 6.07) is 6.35. The fraction of sp³-hybridized carbons (Fsp3) is 0.417. The van der Waals surface area contributed by atoms with E-state index < -0.39 is 0 Å². The van der Waals surface area contributed by atoms with Crippen LogP contribution >= 0.6 is 0 Å². The van der Waals surface area contributed by atoms with Gasteiger partial charge in [-0.15, -0.1) is 0 Å². The lowest BCUT2D eigenvalue weighted by Crippen LogP contribution is -2.32. The maximum Gasteiger partial charge on any atom is 0.227 e. The van der Waals surface area contributed by atoms with Gasteiger partial charge in [0.1, 0.15) is 5.82 Å². The zero-order valence-corrected chi connectivity index (χ0v) is 8.77. The second kappa shape index (κ2) is 3.28. The number of halogens is 1. The number of fused-ring (bicyclic) bond motifs is 1. The summed E-state index contributed by atoms with van der Waals surface area (Å²) in [5, 5.41) is 0. The van der Waals surface area contributed by atoms with E-state index in [0.29, 0.717) is 12.5 Å². The van der Waals surface area contributed by atoms with Gasteiger partial charge in [-0.25, -0.2) is 4.39 Å². The van der Waals surface area contributed by atoms with Gasteiger partial charge in [-0.1, -0.05) is 12.1 Å². The van der Waals surface area contributed by atoms with Crippen LogP contribution in [-0.4, -0.2) is 23.4 Å². The largest absolute Gasteiger partial charge is 0.338 e. The molecule has 0 bridgehead atoms. The number of carbonyl (C=O) groups excluding carboxylic acids is 1. The molecule has 2 aliphatic rings. The highest BCUT2D eigenvalue weighted by molar-refractivity contribution is 5.86. The minimum absolute atomic E-state index is 0.0560. The van der Waals surface area contributed by atoms with E-state index in [1.165, 1.54) is 12.1 Å². The molecule has 3 unspecified atom stereocenters. The lowest BCUT2D eigenvalue weighted by Gasteiger charge is -2.19. The van der Waals surface area contributed by atoms with Crippen LogP contribution in [0.3, 0.4) is 0 Å². The van der Waals surface area contributed by atoms with Crippen LogP contribution in [0.25, 0.3) is 0 Å². The molecule has 3 nitrogen and oxygen atoms in total. The molecule has 3 rings (SSSR count). The van der Waals surface area contributed by atoms with E-state index in [-0.39, 0.29) is 23.7 Å². The molecule has 1 heterocycles. The third-order valence-corrected chi connectivity index (χ3v) is 3.54. The average molecular weight is 220 g/mol. The van der Waals surface area contributed by atoms with Gasteiger partial charge in [0, 0.05) is 25.0 Å². The van der Waals surface area contributed by atoms with E-state index in [1.54, 1.807) is 12.1 Å². The number of rotatable bonds is 2. The summed E-state index contributed by atoms with van der Waals surface area (Å²) in [5.41, 5.74) is 6.70. The summed E-state index contributed by atoms with van der Waals surface area (Å²) in [7, 11) is 0. The van der Waals surface area contributed by atoms with Crippen LogP contribution in [0.1, 0.15) is 5.56 Å². The molecule has 0 spiro atoms. The quantitative estimate of drug-likeness (QED) is 0.799. The van der Waals surface area contributed by atoms with E-state index in [4.69, 9.17) is 5.73 Å². The molecule has 84 valence electrons. The molecule has 2 fully saturated rings. The van der Waals surface area contributed by atoms with Gasteiger partial charge in [-0.2, -0.15) is 0 Å². The summed E-state index contributed by atoms with van der Waals surface area (Å²) in [5.74, 6) is 0.316. The van der Waals surface area contributed by atoms with Crippen molar-refractivity contribution in [3.63, 3.8) is 0 Å². The van der Waals surface area contributed by atoms with Crippen LogP contribution in [-0.2, 0) is 11.3 Å². The number of carbonyl (C=O) groups is 1. The molecule has 1 aromatic rings. The third-order valence-electron chi connectivity index (χ3n) is 3.54. The number of piperidine rings is 1. The molecule has 1 saturated heterocycles. The first-order valence-corrected chi connectivity index (χ1v) is 5.45. The Hall–Kier alpha value is -1.42. The smallest absolute Gasteiger partial charge is 0.227 e. The first-order chi connectivity index (χ1) is 7.66. The Balaban J connectivity index is 1.68. The Morgan fingerprint density at radius 3 is 2.62 bits per heavy atom. The maximum atomic E-state index is 12.7. The van der Waals surface area contributed by atoms with Crippen molar-refractivity contribution in [3.05, 3.63) is 35.6 Å². The molecule has 3 atom stereocenters. The van der Waals surface area contributed by atoms with Crippen LogP contribution < -0.4 is 5.73 Å². The Morgan fingerprint density at radius 2 is 2.06 bits per heavy atom. The van der Waals surface area contributed by atoms with Crippen molar-refractivity contribution in [1.29, 1.82) is 0 Å². The third kappa shape index (κ3) is 1.41. The second-order valence-electron chi connectivity index (χ2n) is 4.61. The Morgan fingerprint density at radius 1 is 1.38 bits per heavy atom. The first-order valence-electron chi connectivity index (χ1n) is 5.45. The number of amides is 1. The average Bonchev–Trinajstić information content (AvgIpc) is 2.76. The molecular formula is C12H13FN2O. The SMILES string of the molecule is NC1C2CN(Cc3ccc(F)cc3)C(=O)C12. The fourth-order valence-electron chi connectivity index (χ4n) is 2.49. The number of likely N-dealkylation sites (tertiary alicyclic amines) is 1. The number of benzene rings is 1. The molecule has 1 saturated carbocycles. The van der Waals surface area contributed by atoms with Gasteiger partial charge >= 0.3 is 0 Å². The Kier molecular flexibility index (Phi) is 2.01. The van der Waals surface area contributed by atoms with E-state index in [1.807, 2.05) is 4.90 Å². The Labute approximate surface area is 93.0 Å². The monoisotopic (exact) mass is 220 g/mol. The lowest BCUT2D eigenvalue weighted by molar-refractivity contribution is -0.130. The molecule has 1 aliphatic heterocycles. The predicted octanol–water partition coefficient (Wildman–Crippen LogP) is 0.741. The van der Waals surface area contributed by atoms with Gasteiger partial charge in [-0.3, -0.25) is 4.79 Å². The predicted molar refractivity (Wildman–Crippen MR) is 56.8 cm³/mol. The van der Waals surface area contributed by atoms with Crippen LogP contribution in [0.5, 0.6) is 0 Å². The van der Waals surface area contributed by atoms with Crippen LogP contribution in [0, 0.1) is 17.7 Å². The van der Waals surface area contributed by atoms with Crippen molar-refractivity contribution in [3.8, 4) is 0 Å². The number of hydrogen-bond donors (Lipinski definition) is 1. The van der Waals surface area contributed by atoms with Crippen LogP contribution in [0.15, 0.2) is 24.3 Å². The van der Waals surface area contributed by atoms with Crippen molar-refractivity contribution in [1.82, 2.24) is 4.90 Å². The molecule has 2 N–H and O–H groups in total. The second-order valence-corrected chi connectivity index (χ2v) is 4.61. The highest BCUT2D eigenvalue weighted by Crippen LogP contribution is 2.45. The maximum absolute atomic E-state index is 12.7. The molecule has 16 heavy (non-hydrogen) atoms. The standard InChI is InChI=1S/C12H13FN2O/c13-8-3-1-7(2-4-8)5-15-6-9-10(11(9)14)12(15)16/h1-4,9-11H,5-6,14H2. The van der Waals surface area contributed by atoms with Gasteiger partial charge in [-0.05, 0) is 17.7 Å². The lowest BCUT2D eigenvalue weighted by atomic mass is 10.2. The van der Waals surface area contributed by atoms with E-state index in [2.05, 4.69) is 0 Å². The molecule has 0 radical (unpaired) electrons. The minimum atomic E-state index is -0.249. The molecule has 0 aromatic heterocycles. The van der Waals surface area contributed by atoms with Crippen molar-refractivity contribution >= 4 is 5.91 Å². The van der Waals surface area contributed by atoms with Gasteiger partial charge in [0.15, 0.2) is 0 Å². The van der Waals surface area contributed by atoms with E-state index >= 15 is 0 Å². The molecular weight excluding hydrogens is 207 g/mol. The summed E-state index contributed by atoms with van der Waals surface area (Å²) < 4.78 is 12.7. The summed E-state index contributed by atoms with van der Waals surface area (Å²) in [6.07, 6.45) is 0. The fourth-order valence-corrected chi connectivity index (χ4v) is 2.49. The topological polar surface area (TPSA) is 46.3 Å². The summed E-state index contributed by atoms with van der Waals surface area (Å²) in [6.45, 7) is 1.32. The number of nitrogens with zero attached hydrogens (tertiary/aromatic N) is 1.